The highest BCUT2D eigenvalue weighted by molar-refractivity contribution is 7.92. The van der Waals surface area contributed by atoms with E-state index in [1.807, 2.05) is 20.8 Å². The van der Waals surface area contributed by atoms with Gasteiger partial charge in [-0.1, -0.05) is 17.7 Å². The smallest absolute Gasteiger partial charge is 0.232 e. The SMILES string of the molecule is CCN(CC)C(=O)CCN(c1ccc(C)c(Cl)c1)S(C)(=O)=O. The zero-order valence-electron chi connectivity index (χ0n) is 13.5. The van der Waals surface area contributed by atoms with E-state index in [2.05, 4.69) is 0 Å². The van der Waals surface area contributed by atoms with Gasteiger partial charge in [0.05, 0.1) is 11.9 Å². The second kappa shape index (κ2) is 7.83. The van der Waals surface area contributed by atoms with Crippen LogP contribution in [0.5, 0.6) is 0 Å². The first-order valence-electron chi connectivity index (χ1n) is 7.22. The molecular weight excluding hydrogens is 324 g/mol. The van der Waals surface area contributed by atoms with E-state index in [4.69, 9.17) is 11.6 Å². The normalized spacial score (nSPS) is 11.3. The molecule has 0 unspecified atom stereocenters. The maximum Gasteiger partial charge on any atom is 0.232 e. The van der Waals surface area contributed by atoms with Gasteiger partial charge in [-0.05, 0) is 38.5 Å². The minimum Gasteiger partial charge on any atom is -0.343 e. The molecule has 5 nitrogen and oxygen atoms in total. The molecule has 1 aromatic rings. The Morgan fingerprint density at radius 1 is 1.23 bits per heavy atom. The van der Waals surface area contributed by atoms with Crippen molar-refractivity contribution in [2.75, 3.05) is 30.2 Å². The van der Waals surface area contributed by atoms with Gasteiger partial charge in [-0.15, -0.1) is 0 Å². The number of rotatable bonds is 7. The van der Waals surface area contributed by atoms with E-state index in [9.17, 15) is 13.2 Å². The molecule has 0 fully saturated rings. The van der Waals surface area contributed by atoms with Crippen LogP contribution < -0.4 is 4.31 Å². The summed E-state index contributed by atoms with van der Waals surface area (Å²) in [5.74, 6) is -0.0585. The van der Waals surface area contributed by atoms with Crippen molar-refractivity contribution in [2.24, 2.45) is 0 Å². The lowest BCUT2D eigenvalue weighted by molar-refractivity contribution is -0.130. The fourth-order valence-corrected chi connectivity index (χ4v) is 3.25. The zero-order valence-corrected chi connectivity index (χ0v) is 15.0. The summed E-state index contributed by atoms with van der Waals surface area (Å²) in [5, 5.41) is 0.501. The van der Waals surface area contributed by atoms with Gasteiger partial charge >= 0.3 is 0 Å². The van der Waals surface area contributed by atoms with Crippen LogP contribution in [-0.4, -0.2) is 45.1 Å². The number of halogens is 1. The van der Waals surface area contributed by atoms with E-state index < -0.39 is 10.0 Å². The van der Waals surface area contributed by atoms with Gasteiger partial charge in [-0.25, -0.2) is 8.42 Å². The first kappa shape index (κ1) is 18.8. The van der Waals surface area contributed by atoms with Crippen LogP contribution in [0.3, 0.4) is 0 Å². The quantitative estimate of drug-likeness (QED) is 0.762. The third-order valence-corrected chi connectivity index (χ3v) is 5.09. The minimum absolute atomic E-state index is 0.0585. The zero-order chi connectivity index (χ0) is 16.9. The molecule has 0 saturated carbocycles. The Balaban J connectivity index is 2.96. The number of hydrogen-bond donors (Lipinski definition) is 0. The van der Waals surface area contributed by atoms with E-state index in [0.29, 0.717) is 23.8 Å². The van der Waals surface area contributed by atoms with Crippen molar-refractivity contribution in [3.8, 4) is 0 Å². The molecule has 22 heavy (non-hydrogen) atoms. The summed E-state index contributed by atoms with van der Waals surface area (Å²) in [7, 11) is -3.48. The Morgan fingerprint density at radius 3 is 2.27 bits per heavy atom. The van der Waals surface area contributed by atoms with E-state index in [-0.39, 0.29) is 18.9 Å². The predicted octanol–water partition coefficient (Wildman–Crippen LogP) is 2.67. The van der Waals surface area contributed by atoms with Gasteiger partial charge in [0.2, 0.25) is 15.9 Å². The summed E-state index contributed by atoms with van der Waals surface area (Å²) in [6.45, 7) is 6.98. The molecule has 0 N–H and O–H groups in total. The molecule has 1 rings (SSSR count). The highest BCUT2D eigenvalue weighted by Gasteiger charge is 2.20. The Morgan fingerprint density at radius 2 is 1.82 bits per heavy atom. The van der Waals surface area contributed by atoms with Crippen molar-refractivity contribution in [3.63, 3.8) is 0 Å². The number of carbonyl (C=O) groups is 1. The fraction of sp³-hybridized carbons (Fsp3) is 0.533. The van der Waals surface area contributed by atoms with Crippen LogP contribution in [0, 0.1) is 6.92 Å². The van der Waals surface area contributed by atoms with Crippen LogP contribution >= 0.6 is 11.6 Å². The van der Waals surface area contributed by atoms with Crippen LogP contribution in [0.25, 0.3) is 0 Å². The average Bonchev–Trinajstić information content (AvgIpc) is 2.42. The van der Waals surface area contributed by atoms with Crippen LogP contribution in [0.4, 0.5) is 5.69 Å². The molecule has 1 amide bonds. The van der Waals surface area contributed by atoms with Crippen molar-refractivity contribution >= 4 is 33.2 Å². The van der Waals surface area contributed by atoms with Crippen LogP contribution in [-0.2, 0) is 14.8 Å². The summed E-state index contributed by atoms with van der Waals surface area (Å²) in [6.07, 6.45) is 1.27. The van der Waals surface area contributed by atoms with E-state index in [1.165, 1.54) is 4.31 Å². The minimum atomic E-state index is -3.48. The number of aryl methyl sites for hydroxylation is 1. The van der Waals surface area contributed by atoms with E-state index >= 15 is 0 Å². The summed E-state index contributed by atoms with van der Waals surface area (Å²) in [6, 6.07) is 5.08. The highest BCUT2D eigenvalue weighted by atomic mass is 35.5. The lowest BCUT2D eigenvalue weighted by Gasteiger charge is -2.25. The first-order chi connectivity index (χ1) is 10.2. The van der Waals surface area contributed by atoms with Crippen LogP contribution in [0.1, 0.15) is 25.8 Å². The lowest BCUT2D eigenvalue weighted by Crippen LogP contribution is -2.36. The topological polar surface area (TPSA) is 57.7 Å². The second-order valence-electron chi connectivity index (χ2n) is 5.08. The molecule has 0 bridgehead atoms. The molecular formula is C15H23ClN2O3S. The summed E-state index contributed by atoms with van der Waals surface area (Å²) in [4.78, 5) is 13.8. The third-order valence-electron chi connectivity index (χ3n) is 3.49. The van der Waals surface area contributed by atoms with Crippen molar-refractivity contribution in [1.29, 1.82) is 0 Å². The van der Waals surface area contributed by atoms with Crippen LogP contribution in [0.2, 0.25) is 5.02 Å². The molecule has 0 saturated heterocycles. The Hall–Kier alpha value is -1.27. The standard InChI is InChI=1S/C15H23ClN2O3S/c1-5-17(6-2)15(19)9-10-18(22(4,20)21)13-8-7-12(3)14(16)11-13/h7-8,11H,5-6,9-10H2,1-4H3. The van der Waals surface area contributed by atoms with Gasteiger partial charge in [-0.2, -0.15) is 0 Å². The second-order valence-corrected chi connectivity index (χ2v) is 7.40. The number of benzene rings is 1. The van der Waals surface area contributed by atoms with Crippen molar-refractivity contribution in [1.82, 2.24) is 4.90 Å². The molecule has 124 valence electrons. The predicted molar refractivity (Wildman–Crippen MR) is 90.9 cm³/mol. The maximum absolute atomic E-state index is 12.1. The highest BCUT2D eigenvalue weighted by Crippen LogP contribution is 2.25. The Kier molecular flexibility index (Phi) is 6.68. The monoisotopic (exact) mass is 346 g/mol. The number of nitrogens with zero attached hydrogens (tertiary/aromatic N) is 2. The Labute approximate surface area is 137 Å². The van der Waals surface area contributed by atoms with E-state index in [1.54, 1.807) is 23.1 Å². The summed E-state index contributed by atoms with van der Waals surface area (Å²) in [5.41, 5.74) is 1.35. The van der Waals surface area contributed by atoms with Gasteiger partial charge in [0.1, 0.15) is 0 Å². The van der Waals surface area contributed by atoms with E-state index in [0.717, 1.165) is 11.8 Å². The molecule has 0 aromatic heterocycles. The van der Waals surface area contributed by atoms with Gasteiger partial charge < -0.3 is 4.90 Å². The molecule has 0 heterocycles. The molecule has 0 aliphatic rings. The Bertz CT molecular complexity index is 628. The van der Waals surface area contributed by atoms with Gasteiger partial charge in [0, 0.05) is 31.1 Å². The van der Waals surface area contributed by atoms with Gasteiger partial charge in [0.15, 0.2) is 0 Å². The molecule has 0 radical (unpaired) electrons. The van der Waals surface area contributed by atoms with Crippen molar-refractivity contribution < 1.29 is 13.2 Å². The fourth-order valence-electron chi connectivity index (χ4n) is 2.15. The third kappa shape index (κ3) is 4.88. The number of anilines is 1. The van der Waals surface area contributed by atoms with Gasteiger partial charge in [-0.3, -0.25) is 9.10 Å². The largest absolute Gasteiger partial charge is 0.343 e. The molecule has 0 aliphatic carbocycles. The van der Waals surface area contributed by atoms with Crippen molar-refractivity contribution in [3.05, 3.63) is 28.8 Å². The summed E-state index contributed by atoms with van der Waals surface area (Å²) < 4.78 is 25.2. The molecule has 0 aliphatic heterocycles. The molecule has 0 spiro atoms. The van der Waals surface area contributed by atoms with Crippen LogP contribution in [0.15, 0.2) is 18.2 Å². The number of amides is 1. The first-order valence-corrected chi connectivity index (χ1v) is 9.45. The number of sulfonamides is 1. The number of carbonyl (C=O) groups excluding carboxylic acids is 1. The average molecular weight is 347 g/mol. The maximum atomic E-state index is 12.1. The lowest BCUT2D eigenvalue weighted by atomic mass is 10.2. The molecule has 7 heteroatoms. The summed E-state index contributed by atoms with van der Waals surface area (Å²) >= 11 is 6.07. The number of hydrogen-bond acceptors (Lipinski definition) is 3. The molecule has 1 aromatic carbocycles. The molecule has 0 atom stereocenters. The van der Waals surface area contributed by atoms with Crippen molar-refractivity contribution in [2.45, 2.75) is 27.2 Å². The van der Waals surface area contributed by atoms with Gasteiger partial charge in [0.25, 0.3) is 0 Å².